The lowest BCUT2D eigenvalue weighted by molar-refractivity contribution is -0.118. The zero-order valence-electron chi connectivity index (χ0n) is 15.3. The van der Waals surface area contributed by atoms with Crippen molar-refractivity contribution in [2.45, 2.75) is 19.4 Å². The van der Waals surface area contributed by atoms with Gasteiger partial charge < -0.3 is 10.1 Å². The molecule has 1 aliphatic heterocycles. The summed E-state index contributed by atoms with van der Waals surface area (Å²) in [6, 6.07) is 14.5. The van der Waals surface area contributed by atoms with Crippen LogP contribution >= 0.6 is 0 Å². The van der Waals surface area contributed by atoms with Crippen molar-refractivity contribution in [1.82, 2.24) is 14.8 Å². The predicted octanol–water partition coefficient (Wildman–Crippen LogP) is 2.54. The number of carbonyl (C=O) groups is 2. The molecule has 0 radical (unpaired) electrons. The van der Waals surface area contributed by atoms with Gasteiger partial charge in [-0.05, 0) is 24.6 Å². The van der Waals surface area contributed by atoms with Crippen LogP contribution in [0.4, 0.5) is 11.6 Å². The number of hydrogen-bond donors (Lipinski definition) is 2. The van der Waals surface area contributed by atoms with Crippen LogP contribution in [0, 0.1) is 6.92 Å². The average molecular weight is 377 g/mol. The number of rotatable bonds is 5. The van der Waals surface area contributed by atoms with Crippen molar-refractivity contribution in [1.29, 1.82) is 0 Å². The van der Waals surface area contributed by atoms with Crippen LogP contribution in [0.3, 0.4) is 0 Å². The van der Waals surface area contributed by atoms with E-state index < -0.39 is 0 Å². The first-order valence-electron chi connectivity index (χ1n) is 8.88. The molecular formula is C20H19N5O3. The monoisotopic (exact) mass is 377 g/mol. The van der Waals surface area contributed by atoms with E-state index in [2.05, 4.69) is 20.7 Å². The molecule has 0 spiro atoms. The highest BCUT2D eigenvalue weighted by Gasteiger charge is 2.29. The van der Waals surface area contributed by atoms with E-state index in [1.165, 1.54) is 6.33 Å². The second-order valence-electron chi connectivity index (χ2n) is 6.49. The van der Waals surface area contributed by atoms with Crippen molar-refractivity contribution in [2.75, 3.05) is 17.2 Å². The van der Waals surface area contributed by atoms with E-state index in [0.717, 1.165) is 16.8 Å². The van der Waals surface area contributed by atoms with E-state index in [1.807, 2.05) is 49.4 Å². The van der Waals surface area contributed by atoms with E-state index in [0.29, 0.717) is 11.7 Å². The van der Waals surface area contributed by atoms with Gasteiger partial charge in [-0.2, -0.15) is 10.1 Å². The molecule has 1 aromatic heterocycles. The number of hydrogen-bond acceptors (Lipinski definition) is 5. The fourth-order valence-corrected chi connectivity index (χ4v) is 3.18. The number of nitrogens with one attached hydrogen (secondary N) is 2. The van der Waals surface area contributed by atoms with Crippen LogP contribution in [0.2, 0.25) is 0 Å². The summed E-state index contributed by atoms with van der Waals surface area (Å²) >= 11 is 0. The minimum Gasteiger partial charge on any atom is -0.483 e. The highest BCUT2D eigenvalue weighted by molar-refractivity contribution is 5.92. The van der Waals surface area contributed by atoms with Gasteiger partial charge in [0.1, 0.15) is 12.1 Å². The second kappa shape index (κ2) is 7.51. The molecule has 2 heterocycles. The molecule has 0 unspecified atom stereocenters. The molecule has 8 heteroatoms. The molecule has 3 aromatic rings. The standard InChI is InChI=1S/C20H19N5O3/c1-13-6-2-4-8-15(13)23-19(27)11-28-17-9-5-3-7-14(17)16-10-18(26)24-20-21-12-22-25(16)20/h2-9,12,16H,10-11H2,1H3,(H,23,27)(H,21,22,24,26)/t16-/m1/s1. The second-order valence-corrected chi connectivity index (χ2v) is 6.49. The van der Waals surface area contributed by atoms with E-state index in [4.69, 9.17) is 4.74 Å². The summed E-state index contributed by atoms with van der Waals surface area (Å²) < 4.78 is 7.44. The number of anilines is 2. The number of amides is 2. The number of benzene rings is 2. The van der Waals surface area contributed by atoms with Crippen molar-refractivity contribution < 1.29 is 14.3 Å². The number of carbonyl (C=O) groups excluding carboxylic acids is 2. The van der Waals surface area contributed by atoms with Gasteiger partial charge in [-0.1, -0.05) is 36.4 Å². The quantitative estimate of drug-likeness (QED) is 0.712. The molecule has 28 heavy (non-hydrogen) atoms. The number of fused-ring (bicyclic) bond motifs is 1. The molecule has 1 atom stereocenters. The Kier molecular flexibility index (Phi) is 4.76. The summed E-state index contributed by atoms with van der Waals surface area (Å²) in [5.74, 6) is 0.529. The summed E-state index contributed by atoms with van der Waals surface area (Å²) in [4.78, 5) is 28.4. The van der Waals surface area contributed by atoms with Crippen molar-refractivity contribution in [3.05, 3.63) is 66.0 Å². The Morgan fingerprint density at radius 2 is 2.04 bits per heavy atom. The summed E-state index contributed by atoms with van der Waals surface area (Å²) in [6.45, 7) is 1.78. The highest BCUT2D eigenvalue weighted by atomic mass is 16.5. The van der Waals surface area contributed by atoms with Crippen molar-refractivity contribution in [2.24, 2.45) is 0 Å². The molecule has 8 nitrogen and oxygen atoms in total. The van der Waals surface area contributed by atoms with Crippen LogP contribution in [-0.2, 0) is 9.59 Å². The smallest absolute Gasteiger partial charge is 0.262 e. The van der Waals surface area contributed by atoms with Gasteiger partial charge in [-0.3, -0.25) is 14.9 Å². The number of nitrogens with zero attached hydrogens (tertiary/aromatic N) is 3. The number of para-hydroxylation sites is 2. The topological polar surface area (TPSA) is 98.1 Å². The number of aromatic nitrogens is 3. The normalized spacial score (nSPS) is 15.5. The van der Waals surface area contributed by atoms with Crippen LogP contribution in [0.1, 0.15) is 23.6 Å². The number of ether oxygens (including phenoxy) is 1. The fourth-order valence-electron chi connectivity index (χ4n) is 3.18. The van der Waals surface area contributed by atoms with Gasteiger partial charge in [0.15, 0.2) is 6.61 Å². The Morgan fingerprint density at radius 3 is 2.89 bits per heavy atom. The third kappa shape index (κ3) is 3.57. The van der Waals surface area contributed by atoms with Crippen LogP contribution < -0.4 is 15.4 Å². The van der Waals surface area contributed by atoms with Crippen LogP contribution in [0.25, 0.3) is 0 Å². The molecule has 0 bridgehead atoms. The molecule has 0 aliphatic carbocycles. The van der Waals surface area contributed by atoms with E-state index in [9.17, 15) is 9.59 Å². The molecule has 1 aliphatic rings. The molecular weight excluding hydrogens is 358 g/mol. The van der Waals surface area contributed by atoms with E-state index in [-0.39, 0.29) is 30.9 Å². The largest absolute Gasteiger partial charge is 0.483 e. The Bertz CT molecular complexity index is 1030. The summed E-state index contributed by atoms with van der Waals surface area (Å²) in [5.41, 5.74) is 2.50. The third-order valence-corrected chi connectivity index (χ3v) is 4.55. The fraction of sp³-hybridized carbons (Fsp3) is 0.200. The number of aryl methyl sites for hydroxylation is 1. The summed E-state index contributed by atoms with van der Waals surface area (Å²) in [5, 5.41) is 9.74. The van der Waals surface area contributed by atoms with Gasteiger partial charge in [0.25, 0.3) is 5.91 Å². The van der Waals surface area contributed by atoms with E-state index in [1.54, 1.807) is 10.7 Å². The molecule has 2 amide bonds. The third-order valence-electron chi connectivity index (χ3n) is 4.55. The molecule has 2 aromatic carbocycles. The molecule has 0 saturated heterocycles. The lowest BCUT2D eigenvalue weighted by Crippen LogP contribution is -2.29. The molecule has 4 rings (SSSR count). The van der Waals surface area contributed by atoms with Crippen molar-refractivity contribution >= 4 is 23.5 Å². The van der Waals surface area contributed by atoms with Gasteiger partial charge >= 0.3 is 0 Å². The Labute approximate surface area is 161 Å². The first kappa shape index (κ1) is 17.7. The van der Waals surface area contributed by atoms with Crippen LogP contribution in [0.15, 0.2) is 54.9 Å². The maximum Gasteiger partial charge on any atom is 0.262 e. The minimum absolute atomic E-state index is 0.141. The zero-order valence-corrected chi connectivity index (χ0v) is 15.3. The Hall–Kier alpha value is -3.68. The van der Waals surface area contributed by atoms with Crippen molar-refractivity contribution in [3.8, 4) is 5.75 Å². The SMILES string of the molecule is Cc1ccccc1NC(=O)COc1ccccc1[C@H]1CC(=O)Nc2ncnn21. The highest BCUT2D eigenvalue weighted by Crippen LogP contribution is 2.34. The average Bonchev–Trinajstić information content (AvgIpc) is 3.16. The molecule has 2 N–H and O–H groups in total. The van der Waals surface area contributed by atoms with Gasteiger partial charge in [0, 0.05) is 11.3 Å². The molecule has 0 saturated carbocycles. The van der Waals surface area contributed by atoms with Gasteiger partial charge in [0.05, 0.1) is 12.5 Å². The van der Waals surface area contributed by atoms with Crippen molar-refractivity contribution in [3.63, 3.8) is 0 Å². The van der Waals surface area contributed by atoms with Crippen LogP contribution in [0.5, 0.6) is 5.75 Å². The molecule has 142 valence electrons. The Morgan fingerprint density at radius 1 is 1.25 bits per heavy atom. The van der Waals surface area contributed by atoms with Crippen LogP contribution in [-0.4, -0.2) is 33.2 Å². The maximum absolute atomic E-state index is 12.3. The zero-order chi connectivity index (χ0) is 19.5. The maximum atomic E-state index is 12.3. The van der Waals surface area contributed by atoms with E-state index >= 15 is 0 Å². The summed E-state index contributed by atoms with van der Waals surface area (Å²) in [6.07, 6.45) is 1.61. The van der Waals surface area contributed by atoms with Gasteiger partial charge in [-0.15, -0.1) is 0 Å². The minimum atomic E-state index is -0.345. The Balaban J connectivity index is 1.51. The predicted molar refractivity (Wildman–Crippen MR) is 103 cm³/mol. The first-order chi connectivity index (χ1) is 13.6. The lowest BCUT2D eigenvalue weighted by atomic mass is 10.0. The summed E-state index contributed by atoms with van der Waals surface area (Å²) in [7, 11) is 0. The lowest BCUT2D eigenvalue weighted by Gasteiger charge is -2.25. The van der Waals surface area contributed by atoms with Gasteiger partial charge in [0.2, 0.25) is 11.9 Å². The van der Waals surface area contributed by atoms with Gasteiger partial charge in [-0.25, -0.2) is 4.68 Å². The molecule has 0 fully saturated rings. The first-order valence-corrected chi connectivity index (χ1v) is 8.88.